The van der Waals surface area contributed by atoms with Gasteiger partial charge in [-0.15, -0.1) is 15.3 Å². The molecule has 134 valence electrons. The number of carbonyl (C=O) groups excluding carboxylic acids is 1. The molecule has 1 N–H and O–H groups in total. The van der Waals surface area contributed by atoms with Gasteiger partial charge in [0.25, 0.3) is 0 Å². The predicted molar refractivity (Wildman–Crippen MR) is 91.5 cm³/mol. The van der Waals surface area contributed by atoms with E-state index in [4.69, 9.17) is 4.74 Å². The summed E-state index contributed by atoms with van der Waals surface area (Å²) in [6, 6.07) is 3.69. The highest BCUT2D eigenvalue weighted by Crippen LogP contribution is 2.29. The van der Waals surface area contributed by atoms with E-state index in [0.29, 0.717) is 11.8 Å². The van der Waals surface area contributed by atoms with Crippen molar-refractivity contribution >= 4 is 11.6 Å². The summed E-state index contributed by atoms with van der Waals surface area (Å²) in [7, 11) is 1.61. The Labute approximate surface area is 146 Å². The van der Waals surface area contributed by atoms with Gasteiger partial charge in [-0.05, 0) is 51.3 Å². The number of carbonyl (C=O) groups is 1. The number of hydrogen-bond donors (Lipinski definition) is 1. The molecule has 0 spiro atoms. The lowest BCUT2D eigenvalue weighted by atomic mass is 9.94. The molecule has 25 heavy (non-hydrogen) atoms. The minimum absolute atomic E-state index is 0.0248. The van der Waals surface area contributed by atoms with E-state index in [-0.39, 0.29) is 11.9 Å². The topological polar surface area (TPSA) is 84.7 Å². The number of methoxy groups -OCH3 is 1. The molecule has 0 aromatic carbocycles. The van der Waals surface area contributed by atoms with Crippen molar-refractivity contribution in [2.45, 2.75) is 44.1 Å². The molecule has 0 saturated carbocycles. The summed E-state index contributed by atoms with van der Waals surface area (Å²) in [5.74, 6) is 1.94. The Morgan fingerprint density at radius 3 is 2.80 bits per heavy atom. The van der Waals surface area contributed by atoms with Gasteiger partial charge in [-0.2, -0.15) is 4.52 Å². The Bertz CT molecular complexity index is 753. The van der Waals surface area contributed by atoms with Gasteiger partial charge < -0.3 is 10.1 Å². The zero-order valence-electron chi connectivity index (χ0n) is 14.5. The number of ether oxygens (including phenoxy) is 1. The van der Waals surface area contributed by atoms with Crippen molar-refractivity contribution in [3.63, 3.8) is 0 Å². The molecule has 1 unspecified atom stereocenters. The molecule has 2 saturated heterocycles. The zero-order valence-corrected chi connectivity index (χ0v) is 14.5. The lowest BCUT2D eigenvalue weighted by Crippen LogP contribution is -2.48. The predicted octanol–water partition coefficient (Wildman–Crippen LogP) is 0.981. The van der Waals surface area contributed by atoms with Crippen molar-refractivity contribution in [1.82, 2.24) is 30.0 Å². The summed E-state index contributed by atoms with van der Waals surface area (Å²) in [5.41, 5.74) is 0.737. The average molecular weight is 344 g/mol. The molecule has 2 aromatic heterocycles. The summed E-state index contributed by atoms with van der Waals surface area (Å²) < 4.78 is 7.00. The van der Waals surface area contributed by atoms with Gasteiger partial charge in [0.05, 0.1) is 13.2 Å². The third-order valence-corrected chi connectivity index (χ3v) is 5.31. The summed E-state index contributed by atoms with van der Waals surface area (Å²) >= 11 is 0. The summed E-state index contributed by atoms with van der Waals surface area (Å²) in [5, 5.41) is 16.1. The largest absolute Gasteiger partial charge is 0.480 e. The van der Waals surface area contributed by atoms with Crippen molar-refractivity contribution in [1.29, 1.82) is 0 Å². The number of rotatable bonds is 3. The van der Waals surface area contributed by atoms with Crippen molar-refractivity contribution in [3.8, 4) is 5.88 Å². The number of aromatic nitrogens is 4. The fourth-order valence-corrected chi connectivity index (χ4v) is 3.89. The van der Waals surface area contributed by atoms with Gasteiger partial charge in [0, 0.05) is 18.5 Å². The van der Waals surface area contributed by atoms with Crippen LogP contribution in [0.3, 0.4) is 0 Å². The molecule has 1 amide bonds. The normalized spacial score (nSPS) is 23.4. The monoisotopic (exact) mass is 344 g/mol. The lowest BCUT2D eigenvalue weighted by Gasteiger charge is -2.35. The van der Waals surface area contributed by atoms with Crippen LogP contribution in [0.15, 0.2) is 12.1 Å². The van der Waals surface area contributed by atoms with Crippen LogP contribution in [0.25, 0.3) is 5.65 Å². The van der Waals surface area contributed by atoms with Crippen LogP contribution in [0, 0.1) is 0 Å². The Hall–Kier alpha value is -2.22. The van der Waals surface area contributed by atoms with E-state index in [1.165, 1.54) is 0 Å². The third kappa shape index (κ3) is 3.18. The molecule has 2 fully saturated rings. The first-order valence-corrected chi connectivity index (χ1v) is 9.04. The van der Waals surface area contributed by atoms with Crippen molar-refractivity contribution in [2.75, 3.05) is 26.7 Å². The maximum absolute atomic E-state index is 12.3. The smallest absolute Gasteiger partial charge is 0.237 e. The van der Waals surface area contributed by atoms with Crippen molar-refractivity contribution in [2.24, 2.45) is 0 Å². The van der Waals surface area contributed by atoms with Crippen LogP contribution in [0.1, 0.15) is 43.8 Å². The minimum atomic E-state index is 0.0248. The van der Waals surface area contributed by atoms with Gasteiger partial charge in [0.2, 0.25) is 11.8 Å². The van der Waals surface area contributed by atoms with Gasteiger partial charge in [0.1, 0.15) is 0 Å². The highest BCUT2D eigenvalue weighted by atomic mass is 16.5. The number of likely N-dealkylation sites (tertiary alicyclic amines) is 1. The fraction of sp³-hybridized carbons (Fsp3) is 0.647. The molecule has 2 aliphatic rings. The fourth-order valence-electron chi connectivity index (χ4n) is 3.89. The molecule has 1 atom stereocenters. The van der Waals surface area contributed by atoms with Gasteiger partial charge in [0.15, 0.2) is 11.5 Å². The number of piperidine rings is 1. The molecule has 0 radical (unpaired) electrons. The van der Waals surface area contributed by atoms with Crippen molar-refractivity contribution < 1.29 is 9.53 Å². The zero-order chi connectivity index (χ0) is 17.2. The van der Waals surface area contributed by atoms with Crippen LogP contribution in [0.5, 0.6) is 5.88 Å². The Morgan fingerprint density at radius 2 is 2.00 bits per heavy atom. The quantitative estimate of drug-likeness (QED) is 0.893. The van der Waals surface area contributed by atoms with Crippen LogP contribution < -0.4 is 10.1 Å². The van der Waals surface area contributed by atoms with Crippen LogP contribution in [0.2, 0.25) is 0 Å². The highest BCUT2D eigenvalue weighted by molar-refractivity contribution is 5.81. The number of fused-ring (bicyclic) bond motifs is 1. The molecule has 8 heteroatoms. The van der Waals surface area contributed by atoms with Crippen LogP contribution in [-0.4, -0.2) is 63.4 Å². The van der Waals surface area contributed by atoms with E-state index in [1.54, 1.807) is 17.7 Å². The van der Waals surface area contributed by atoms with Gasteiger partial charge in [-0.25, -0.2) is 0 Å². The van der Waals surface area contributed by atoms with Crippen LogP contribution in [-0.2, 0) is 4.79 Å². The maximum atomic E-state index is 12.3. The van der Waals surface area contributed by atoms with E-state index in [0.717, 1.165) is 63.2 Å². The standard InChI is InChI=1S/C17H24N6O2/c1-25-15-6-5-14-19-20-16(23(14)21-15)12-7-10-22(11-8-12)13-4-2-3-9-18-17(13)24/h5-6,12-13H,2-4,7-11H2,1H3,(H,18,24). The summed E-state index contributed by atoms with van der Waals surface area (Å²) in [6.07, 6.45) is 5.08. The van der Waals surface area contributed by atoms with Crippen molar-refractivity contribution in [3.05, 3.63) is 18.0 Å². The maximum Gasteiger partial charge on any atom is 0.237 e. The molecular formula is C17H24N6O2. The van der Waals surface area contributed by atoms with E-state index >= 15 is 0 Å². The van der Waals surface area contributed by atoms with Crippen LogP contribution >= 0.6 is 0 Å². The number of nitrogens with one attached hydrogen (secondary N) is 1. The summed E-state index contributed by atoms with van der Waals surface area (Å²) in [4.78, 5) is 14.6. The molecule has 0 bridgehead atoms. The molecule has 0 aliphatic carbocycles. The van der Waals surface area contributed by atoms with E-state index in [9.17, 15) is 4.79 Å². The Kier molecular flexibility index (Phi) is 4.52. The Morgan fingerprint density at radius 1 is 1.16 bits per heavy atom. The third-order valence-electron chi connectivity index (χ3n) is 5.31. The second-order valence-electron chi connectivity index (χ2n) is 6.82. The first kappa shape index (κ1) is 16.3. The molecular weight excluding hydrogens is 320 g/mol. The summed E-state index contributed by atoms with van der Waals surface area (Å²) in [6.45, 7) is 2.62. The lowest BCUT2D eigenvalue weighted by molar-refractivity contribution is -0.126. The van der Waals surface area contributed by atoms with Crippen LogP contribution in [0.4, 0.5) is 0 Å². The van der Waals surface area contributed by atoms with E-state index in [2.05, 4.69) is 25.5 Å². The SMILES string of the molecule is COc1ccc2nnc(C3CCN(C4CCCCNC4=O)CC3)n2n1. The number of hydrogen-bond acceptors (Lipinski definition) is 6. The minimum Gasteiger partial charge on any atom is -0.480 e. The number of amides is 1. The molecule has 4 rings (SSSR count). The first-order chi connectivity index (χ1) is 12.3. The molecule has 8 nitrogen and oxygen atoms in total. The van der Waals surface area contributed by atoms with Gasteiger partial charge in [-0.1, -0.05) is 0 Å². The molecule has 2 aromatic rings. The first-order valence-electron chi connectivity index (χ1n) is 9.04. The number of nitrogens with zero attached hydrogens (tertiary/aromatic N) is 5. The average Bonchev–Trinajstić information content (AvgIpc) is 2.95. The highest BCUT2D eigenvalue weighted by Gasteiger charge is 2.32. The second kappa shape index (κ2) is 6.95. The van der Waals surface area contributed by atoms with Gasteiger partial charge in [-0.3, -0.25) is 9.69 Å². The molecule has 4 heterocycles. The Balaban J connectivity index is 1.47. The van der Waals surface area contributed by atoms with E-state index in [1.807, 2.05) is 6.07 Å². The molecule has 2 aliphatic heterocycles. The van der Waals surface area contributed by atoms with E-state index < -0.39 is 0 Å². The van der Waals surface area contributed by atoms with Gasteiger partial charge >= 0.3 is 0 Å². The second-order valence-corrected chi connectivity index (χ2v) is 6.82.